The summed E-state index contributed by atoms with van der Waals surface area (Å²) in [5.41, 5.74) is 1.61. The molecule has 1 aromatic carbocycles. The summed E-state index contributed by atoms with van der Waals surface area (Å²) in [6, 6.07) is 9.28. The van der Waals surface area contributed by atoms with Crippen molar-refractivity contribution in [1.29, 1.82) is 0 Å². The summed E-state index contributed by atoms with van der Waals surface area (Å²) in [7, 11) is 0. The Balaban J connectivity index is 2.00. The second-order valence-corrected chi connectivity index (χ2v) is 8.32. The fourth-order valence-electron chi connectivity index (χ4n) is 2.23. The van der Waals surface area contributed by atoms with Gasteiger partial charge in [0.25, 0.3) is 0 Å². The highest BCUT2D eigenvalue weighted by Crippen LogP contribution is 2.44. The van der Waals surface area contributed by atoms with Crippen LogP contribution in [0.2, 0.25) is 5.02 Å². The molecule has 2 aromatic heterocycles. The minimum absolute atomic E-state index is 0.305. The van der Waals surface area contributed by atoms with Gasteiger partial charge in [0, 0.05) is 17.4 Å². The van der Waals surface area contributed by atoms with Gasteiger partial charge < -0.3 is 4.74 Å². The second kappa shape index (κ2) is 7.09. The highest BCUT2D eigenvalue weighted by atomic mass is 35.5. The van der Waals surface area contributed by atoms with Crippen molar-refractivity contribution in [2.24, 2.45) is 0 Å². The standard InChI is InChI=1S/C17H15ClN2O2S2/c1-3-22-15(21)17(2,11-5-4-8-19-10-11)24-16-20-13-9-12(18)6-7-14(13)23-16/h4-10H,3H2,1-2H3. The number of benzene rings is 1. The highest BCUT2D eigenvalue weighted by molar-refractivity contribution is 8.02. The van der Waals surface area contributed by atoms with Crippen LogP contribution in [0.25, 0.3) is 10.2 Å². The van der Waals surface area contributed by atoms with Crippen LogP contribution in [0.1, 0.15) is 19.4 Å². The number of halogens is 1. The van der Waals surface area contributed by atoms with E-state index in [1.54, 1.807) is 19.3 Å². The molecule has 24 heavy (non-hydrogen) atoms. The molecule has 0 bridgehead atoms. The summed E-state index contributed by atoms with van der Waals surface area (Å²) in [6.45, 7) is 3.96. The number of aromatic nitrogens is 2. The first-order valence-electron chi connectivity index (χ1n) is 7.36. The number of carbonyl (C=O) groups excluding carboxylic acids is 1. The molecule has 0 amide bonds. The largest absolute Gasteiger partial charge is 0.465 e. The number of ether oxygens (including phenoxy) is 1. The van der Waals surface area contributed by atoms with Crippen molar-refractivity contribution in [3.05, 3.63) is 53.3 Å². The molecule has 0 spiro atoms. The SMILES string of the molecule is CCOC(=O)C(C)(Sc1nc2cc(Cl)ccc2s1)c1cccnc1. The van der Waals surface area contributed by atoms with Crippen LogP contribution >= 0.6 is 34.7 Å². The van der Waals surface area contributed by atoms with Gasteiger partial charge in [-0.15, -0.1) is 11.3 Å². The van der Waals surface area contributed by atoms with Crippen molar-refractivity contribution in [3.8, 4) is 0 Å². The lowest BCUT2D eigenvalue weighted by atomic mass is 10.0. The Bertz CT molecular complexity index is 869. The Morgan fingerprint density at radius 3 is 2.96 bits per heavy atom. The maximum atomic E-state index is 12.6. The number of fused-ring (bicyclic) bond motifs is 1. The molecule has 3 rings (SSSR count). The topological polar surface area (TPSA) is 52.1 Å². The van der Waals surface area contributed by atoms with Crippen molar-refractivity contribution in [2.45, 2.75) is 22.9 Å². The van der Waals surface area contributed by atoms with Crippen LogP contribution in [0, 0.1) is 0 Å². The molecule has 0 radical (unpaired) electrons. The number of thiazole rings is 1. The van der Waals surface area contributed by atoms with Crippen molar-refractivity contribution < 1.29 is 9.53 Å². The summed E-state index contributed by atoms with van der Waals surface area (Å²) in [4.78, 5) is 21.4. The molecule has 124 valence electrons. The van der Waals surface area contributed by atoms with E-state index < -0.39 is 4.75 Å². The maximum Gasteiger partial charge on any atom is 0.326 e. The summed E-state index contributed by atoms with van der Waals surface area (Å²) >= 11 is 8.93. The van der Waals surface area contributed by atoms with Crippen LogP contribution in [-0.4, -0.2) is 22.5 Å². The molecule has 1 unspecified atom stereocenters. The van der Waals surface area contributed by atoms with Crippen molar-refractivity contribution in [1.82, 2.24) is 9.97 Å². The lowest BCUT2D eigenvalue weighted by molar-refractivity contribution is -0.145. The fraction of sp³-hybridized carbons (Fsp3) is 0.235. The minimum Gasteiger partial charge on any atom is -0.465 e. The number of nitrogens with zero attached hydrogens (tertiary/aromatic N) is 2. The number of rotatable bonds is 5. The Labute approximate surface area is 153 Å². The van der Waals surface area contributed by atoms with Crippen molar-refractivity contribution in [2.75, 3.05) is 6.61 Å². The van der Waals surface area contributed by atoms with E-state index in [0.29, 0.717) is 11.6 Å². The van der Waals surface area contributed by atoms with E-state index in [9.17, 15) is 4.79 Å². The summed E-state index contributed by atoms with van der Waals surface area (Å²) < 4.78 is 6.19. The highest BCUT2D eigenvalue weighted by Gasteiger charge is 2.39. The maximum absolute atomic E-state index is 12.6. The number of carbonyl (C=O) groups is 1. The van der Waals surface area contributed by atoms with Gasteiger partial charge in [-0.05, 0) is 43.7 Å². The van der Waals surface area contributed by atoms with E-state index in [1.165, 1.54) is 23.1 Å². The third-order valence-corrected chi connectivity index (χ3v) is 6.14. The van der Waals surface area contributed by atoms with Gasteiger partial charge in [-0.1, -0.05) is 29.4 Å². The molecule has 0 aliphatic heterocycles. The van der Waals surface area contributed by atoms with Crippen LogP contribution in [0.15, 0.2) is 47.1 Å². The molecule has 0 N–H and O–H groups in total. The van der Waals surface area contributed by atoms with Gasteiger partial charge in [0.05, 0.1) is 16.8 Å². The van der Waals surface area contributed by atoms with Crippen LogP contribution < -0.4 is 0 Å². The lowest BCUT2D eigenvalue weighted by Crippen LogP contribution is -2.31. The third-order valence-electron chi connectivity index (χ3n) is 3.50. The Morgan fingerprint density at radius 1 is 1.42 bits per heavy atom. The molecule has 0 saturated heterocycles. The minimum atomic E-state index is -0.915. The van der Waals surface area contributed by atoms with Gasteiger partial charge in [0.1, 0.15) is 4.75 Å². The number of pyridine rings is 1. The summed E-state index contributed by atoms with van der Waals surface area (Å²) in [6.07, 6.45) is 3.37. The average molecular weight is 379 g/mol. The second-order valence-electron chi connectivity index (χ2n) is 5.19. The van der Waals surface area contributed by atoms with Gasteiger partial charge >= 0.3 is 5.97 Å². The zero-order chi connectivity index (χ0) is 17.2. The molecule has 7 heteroatoms. The third kappa shape index (κ3) is 3.41. The van der Waals surface area contributed by atoms with Crippen LogP contribution in [0.5, 0.6) is 0 Å². The molecule has 1 atom stereocenters. The normalized spacial score (nSPS) is 13.6. The number of esters is 1. The Morgan fingerprint density at radius 2 is 2.25 bits per heavy atom. The van der Waals surface area contributed by atoms with Gasteiger partial charge in [-0.3, -0.25) is 9.78 Å². The molecule has 0 saturated carbocycles. The number of hydrogen-bond acceptors (Lipinski definition) is 6. The van der Waals surface area contributed by atoms with Gasteiger partial charge in [-0.25, -0.2) is 4.98 Å². The van der Waals surface area contributed by atoms with Crippen LogP contribution in [-0.2, 0) is 14.3 Å². The van der Waals surface area contributed by atoms with Crippen LogP contribution in [0.4, 0.5) is 0 Å². The van der Waals surface area contributed by atoms with Gasteiger partial charge in [-0.2, -0.15) is 0 Å². The smallest absolute Gasteiger partial charge is 0.326 e. The van der Waals surface area contributed by atoms with E-state index >= 15 is 0 Å². The van der Waals surface area contributed by atoms with E-state index in [0.717, 1.165) is 20.1 Å². The zero-order valence-electron chi connectivity index (χ0n) is 13.2. The Kier molecular flexibility index (Phi) is 5.08. The molecular formula is C17H15ClN2O2S2. The Hall–Kier alpha value is -1.63. The van der Waals surface area contributed by atoms with Gasteiger partial charge in [0.15, 0.2) is 4.34 Å². The lowest BCUT2D eigenvalue weighted by Gasteiger charge is -2.25. The van der Waals surface area contributed by atoms with Crippen molar-refractivity contribution >= 4 is 50.9 Å². The fourth-order valence-corrected chi connectivity index (χ4v) is 4.88. The molecule has 2 heterocycles. The molecule has 0 aliphatic rings. The van der Waals surface area contributed by atoms with Gasteiger partial charge in [0.2, 0.25) is 0 Å². The van der Waals surface area contributed by atoms with E-state index in [4.69, 9.17) is 16.3 Å². The molecule has 0 fully saturated rings. The van der Waals surface area contributed by atoms with Crippen molar-refractivity contribution in [3.63, 3.8) is 0 Å². The predicted octanol–water partition coefficient (Wildman–Crippen LogP) is 4.92. The first kappa shape index (κ1) is 17.2. The first-order chi connectivity index (χ1) is 11.5. The summed E-state index contributed by atoms with van der Waals surface area (Å²) in [5.74, 6) is -0.305. The molecule has 0 aliphatic carbocycles. The van der Waals surface area contributed by atoms with E-state index in [-0.39, 0.29) is 5.97 Å². The average Bonchev–Trinajstić information content (AvgIpc) is 2.96. The molecule has 3 aromatic rings. The van der Waals surface area contributed by atoms with E-state index in [1.807, 2.05) is 37.3 Å². The summed E-state index contributed by atoms with van der Waals surface area (Å²) in [5, 5.41) is 0.643. The van der Waals surface area contributed by atoms with E-state index in [2.05, 4.69) is 9.97 Å². The zero-order valence-corrected chi connectivity index (χ0v) is 15.5. The van der Waals surface area contributed by atoms with Crippen LogP contribution in [0.3, 0.4) is 0 Å². The quantitative estimate of drug-likeness (QED) is 0.466. The monoisotopic (exact) mass is 378 g/mol. The number of thioether (sulfide) groups is 1. The molecule has 4 nitrogen and oxygen atoms in total. The molecular weight excluding hydrogens is 364 g/mol. The first-order valence-corrected chi connectivity index (χ1v) is 9.37. The predicted molar refractivity (Wildman–Crippen MR) is 98.7 cm³/mol. The number of hydrogen-bond donors (Lipinski definition) is 0.